The molecule has 0 spiro atoms. The Bertz CT molecular complexity index is 966. The van der Waals surface area contributed by atoms with E-state index in [0.717, 1.165) is 42.4 Å². The van der Waals surface area contributed by atoms with Crippen molar-refractivity contribution in [2.45, 2.75) is 78.2 Å². The normalized spacial score (nSPS) is 23.7. The van der Waals surface area contributed by atoms with Crippen molar-refractivity contribution in [1.29, 1.82) is 0 Å². The van der Waals surface area contributed by atoms with Crippen molar-refractivity contribution < 1.29 is 24.9 Å². The molecule has 1 aromatic rings. The maximum Gasteiger partial charge on any atom is 0.233 e. The first-order chi connectivity index (χ1) is 16.9. The molecule has 3 rings (SSSR count). The van der Waals surface area contributed by atoms with Gasteiger partial charge in [0.15, 0.2) is 0 Å². The van der Waals surface area contributed by atoms with E-state index in [9.17, 15) is 24.9 Å². The van der Waals surface area contributed by atoms with Crippen LogP contribution in [-0.2, 0) is 9.59 Å². The molecule has 0 unspecified atom stereocenters. The fourth-order valence-corrected chi connectivity index (χ4v) is 5.93. The first kappa shape index (κ1) is 27.2. The molecule has 1 aliphatic heterocycles. The number of phenolic OH excluding ortho intramolecular Hbond substituents is 1. The number of hydrogen-bond acceptors (Lipinski definition) is 5. The molecule has 0 saturated carbocycles. The number of amides is 2. The number of likely N-dealkylation sites (tertiary alicyclic amines) is 1. The molecular formula is C29H41NO5. The van der Waals surface area contributed by atoms with Gasteiger partial charge in [-0.2, -0.15) is 0 Å². The van der Waals surface area contributed by atoms with Gasteiger partial charge >= 0.3 is 0 Å². The van der Waals surface area contributed by atoms with Gasteiger partial charge in [0, 0.05) is 12.5 Å². The number of aromatic hydroxyl groups is 1. The first-order valence-corrected chi connectivity index (χ1v) is 13.2. The Kier molecular flexibility index (Phi) is 9.70. The van der Waals surface area contributed by atoms with Gasteiger partial charge in [-0.25, -0.2) is 0 Å². The second-order valence-electron chi connectivity index (χ2n) is 9.96. The number of allylic oxidation sites excluding steroid dienone is 2. The molecule has 4 atom stereocenters. The van der Waals surface area contributed by atoms with Crippen LogP contribution in [0.25, 0.3) is 6.08 Å². The van der Waals surface area contributed by atoms with Crippen molar-refractivity contribution in [3.05, 3.63) is 46.5 Å². The topological polar surface area (TPSA) is 98.1 Å². The van der Waals surface area contributed by atoms with Gasteiger partial charge in [0.2, 0.25) is 11.8 Å². The number of fused-ring (bicyclic) bond motifs is 1. The van der Waals surface area contributed by atoms with Gasteiger partial charge in [0.1, 0.15) is 5.75 Å². The third kappa shape index (κ3) is 6.04. The molecular weight excluding hydrogens is 442 g/mol. The van der Waals surface area contributed by atoms with Gasteiger partial charge < -0.3 is 15.3 Å². The fourth-order valence-electron chi connectivity index (χ4n) is 5.93. The van der Waals surface area contributed by atoms with Crippen LogP contribution in [0.3, 0.4) is 0 Å². The van der Waals surface area contributed by atoms with E-state index in [-0.39, 0.29) is 24.2 Å². The highest BCUT2D eigenvalue weighted by molar-refractivity contribution is 6.05. The summed E-state index contributed by atoms with van der Waals surface area (Å²) in [5.41, 5.74) is 3.93. The van der Waals surface area contributed by atoms with Crippen LogP contribution in [0.5, 0.6) is 5.75 Å². The maximum absolute atomic E-state index is 13.2. The molecule has 2 aliphatic rings. The Morgan fingerprint density at radius 1 is 1.11 bits per heavy atom. The molecule has 6 heteroatoms. The van der Waals surface area contributed by atoms with Crippen LogP contribution in [0.2, 0.25) is 0 Å². The number of aliphatic hydroxyl groups is 2. The molecule has 0 bridgehead atoms. The zero-order valence-electron chi connectivity index (χ0n) is 21.4. The Morgan fingerprint density at radius 2 is 1.89 bits per heavy atom. The molecule has 35 heavy (non-hydrogen) atoms. The summed E-state index contributed by atoms with van der Waals surface area (Å²) in [6.45, 7) is 6.28. The molecule has 3 N–H and O–H groups in total. The summed E-state index contributed by atoms with van der Waals surface area (Å²) in [5.74, 6) is -1.63. The van der Waals surface area contributed by atoms with E-state index < -0.39 is 23.9 Å². The Morgan fingerprint density at radius 3 is 2.51 bits per heavy atom. The summed E-state index contributed by atoms with van der Waals surface area (Å²) in [5, 5.41) is 31.6. The SMILES string of the molecule is CCCC1=C([C@H](O)CC/C(=C/c2cccc(O)c2)CCC)[C@H](CO)[C@@H]2C(=O)N(CCC)C(=O)[C@@H]2C1. The van der Waals surface area contributed by atoms with Crippen LogP contribution in [-0.4, -0.2) is 51.3 Å². The molecule has 1 aromatic carbocycles. The highest BCUT2D eigenvalue weighted by atomic mass is 16.3. The van der Waals surface area contributed by atoms with E-state index in [0.29, 0.717) is 32.2 Å². The Hall–Kier alpha value is -2.44. The molecule has 0 radical (unpaired) electrons. The van der Waals surface area contributed by atoms with E-state index >= 15 is 0 Å². The predicted octanol–water partition coefficient (Wildman–Crippen LogP) is 4.84. The minimum absolute atomic E-state index is 0.123. The quantitative estimate of drug-likeness (QED) is 0.292. The average molecular weight is 484 g/mol. The van der Waals surface area contributed by atoms with Crippen LogP contribution < -0.4 is 0 Å². The minimum atomic E-state index is -0.776. The van der Waals surface area contributed by atoms with Crippen LogP contribution in [0.15, 0.2) is 41.0 Å². The zero-order valence-corrected chi connectivity index (χ0v) is 21.4. The minimum Gasteiger partial charge on any atom is -0.508 e. The van der Waals surface area contributed by atoms with E-state index in [4.69, 9.17) is 0 Å². The number of benzene rings is 1. The summed E-state index contributed by atoms with van der Waals surface area (Å²) < 4.78 is 0. The Labute approximate surface area is 209 Å². The summed E-state index contributed by atoms with van der Waals surface area (Å²) >= 11 is 0. The van der Waals surface area contributed by atoms with Crippen molar-refractivity contribution in [3.8, 4) is 5.75 Å². The summed E-state index contributed by atoms with van der Waals surface area (Å²) in [6.07, 6.45) is 7.14. The van der Waals surface area contributed by atoms with E-state index in [1.54, 1.807) is 12.1 Å². The lowest BCUT2D eigenvalue weighted by Gasteiger charge is -2.36. The molecule has 1 fully saturated rings. The van der Waals surface area contributed by atoms with Crippen LogP contribution in [0.4, 0.5) is 0 Å². The molecule has 1 aliphatic carbocycles. The monoisotopic (exact) mass is 483 g/mol. The number of imide groups is 1. The molecule has 0 aromatic heterocycles. The number of aliphatic hydroxyl groups excluding tert-OH is 2. The summed E-state index contributed by atoms with van der Waals surface area (Å²) in [4.78, 5) is 27.6. The highest BCUT2D eigenvalue weighted by Crippen LogP contribution is 2.47. The van der Waals surface area contributed by atoms with Crippen LogP contribution in [0.1, 0.15) is 77.7 Å². The molecule has 1 heterocycles. The average Bonchev–Trinajstić information content (AvgIpc) is 3.06. The van der Waals surface area contributed by atoms with Gasteiger partial charge in [-0.1, -0.05) is 63.0 Å². The Balaban J connectivity index is 1.86. The summed E-state index contributed by atoms with van der Waals surface area (Å²) in [7, 11) is 0. The van der Waals surface area contributed by atoms with Gasteiger partial charge in [0.25, 0.3) is 0 Å². The van der Waals surface area contributed by atoms with Gasteiger partial charge in [-0.15, -0.1) is 0 Å². The van der Waals surface area contributed by atoms with Crippen molar-refractivity contribution >= 4 is 17.9 Å². The van der Waals surface area contributed by atoms with Crippen molar-refractivity contribution in [2.75, 3.05) is 13.2 Å². The number of carbonyl (C=O) groups excluding carboxylic acids is 2. The molecule has 192 valence electrons. The third-order valence-corrected chi connectivity index (χ3v) is 7.38. The van der Waals surface area contributed by atoms with Crippen molar-refractivity contribution in [3.63, 3.8) is 0 Å². The largest absolute Gasteiger partial charge is 0.508 e. The second kappa shape index (κ2) is 12.5. The fraction of sp³-hybridized carbons (Fsp3) is 0.586. The lowest BCUT2D eigenvalue weighted by atomic mass is 9.67. The number of hydrogen-bond donors (Lipinski definition) is 3. The lowest BCUT2D eigenvalue weighted by molar-refractivity contribution is -0.140. The maximum atomic E-state index is 13.2. The van der Waals surface area contributed by atoms with E-state index in [1.165, 1.54) is 10.5 Å². The van der Waals surface area contributed by atoms with Gasteiger partial charge in [-0.3, -0.25) is 14.5 Å². The van der Waals surface area contributed by atoms with Gasteiger partial charge in [-0.05, 0) is 61.8 Å². The van der Waals surface area contributed by atoms with Crippen molar-refractivity contribution in [1.82, 2.24) is 4.90 Å². The molecule has 2 amide bonds. The predicted molar refractivity (Wildman–Crippen MR) is 137 cm³/mol. The smallest absolute Gasteiger partial charge is 0.233 e. The zero-order chi connectivity index (χ0) is 25.5. The third-order valence-electron chi connectivity index (χ3n) is 7.38. The van der Waals surface area contributed by atoms with Crippen LogP contribution in [0, 0.1) is 17.8 Å². The van der Waals surface area contributed by atoms with E-state index in [1.807, 2.05) is 19.1 Å². The first-order valence-electron chi connectivity index (χ1n) is 13.2. The highest BCUT2D eigenvalue weighted by Gasteiger charge is 2.54. The summed E-state index contributed by atoms with van der Waals surface area (Å²) in [6, 6.07) is 7.13. The lowest BCUT2D eigenvalue weighted by Crippen LogP contribution is -2.39. The molecule has 1 saturated heterocycles. The second-order valence-corrected chi connectivity index (χ2v) is 9.96. The van der Waals surface area contributed by atoms with E-state index in [2.05, 4.69) is 19.9 Å². The number of carbonyl (C=O) groups is 2. The molecule has 6 nitrogen and oxygen atoms in total. The number of nitrogens with zero attached hydrogens (tertiary/aromatic N) is 1. The van der Waals surface area contributed by atoms with Crippen LogP contribution >= 0.6 is 0 Å². The standard InChI is InChI=1S/C29H41NO5/c1-4-8-19(15-20-10-7-11-22(32)16-20)12-13-25(33)26-21(9-5-2)17-23-27(24(26)18-31)29(35)30(14-6-3)28(23)34/h7,10-11,15-16,23-25,27,31-33H,4-6,8-9,12-14,17-18H2,1-3H3/b19-15+/t23-,24+,25-,27-/m1/s1. The number of rotatable bonds is 12. The van der Waals surface area contributed by atoms with Gasteiger partial charge in [0.05, 0.1) is 24.5 Å². The van der Waals surface area contributed by atoms with Crippen molar-refractivity contribution in [2.24, 2.45) is 17.8 Å². The number of phenols is 1.